The van der Waals surface area contributed by atoms with Crippen LogP contribution in [0.4, 0.5) is 0 Å². The van der Waals surface area contributed by atoms with Crippen LogP contribution in [0.15, 0.2) is 12.8 Å². The molecule has 1 rings (SSSR count). The summed E-state index contributed by atoms with van der Waals surface area (Å²) in [5, 5.41) is 0. The van der Waals surface area contributed by atoms with Gasteiger partial charge in [-0.2, -0.15) is 0 Å². The number of rotatable bonds is 3. The van der Waals surface area contributed by atoms with Crippen LogP contribution in [0, 0.1) is 0 Å². The molecule has 1 aliphatic heterocycles. The molecule has 0 atom stereocenters. The molecule has 0 unspecified atom stereocenters. The molecule has 2 nitrogen and oxygen atoms in total. The van der Waals surface area contributed by atoms with Crippen molar-refractivity contribution >= 4 is 0 Å². The molecule has 0 aromatic heterocycles. The molecule has 1 fully saturated rings. The molecule has 0 amide bonds. The molecule has 2 heteroatoms. The Morgan fingerprint density at radius 2 is 2.11 bits per heavy atom. The zero-order valence-corrected chi connectivity index (χ0v) is 5.68. The minimum atomic E-state index is 0.726. The van der Waals surface area contributed by atoms with Crippen molar-refractivity contribution in [1.29, 1.82) is 0 Å². The summed E-state index contributed by atoms with van der Waals surface area (Å²) in [5.41, 5.74) is 0. The molecule has 52 valence electrons. The second-order valence-electron chi connectivity index (χ2n) is 2.29. The number of nitrogens with zero attached hydrogens (tertiary/aromatic N) is 1. The molecule has 0 N–H and O–H groups in total. The van der Waals surface area contributed by atoms with Gasteiger partial charge in [0.25, 0.3) is 0 Å². The lowest BCUT2D eigenvalue weighted by atomic mass is 10.4. The maximum atomic E-state index is 5.01. The first-order chi connectivity index (χ1) is 4.43. The molecule has 1 aliphatic rings. The van der Waals surface area contributed by atoms with Crippen LogP contribution in [0.5, 0.6) is 0 Å². The SMILES string of the molecule is C=COCN1CCCC1. The van der Waals surface area contributed by atoms with E-state index in [-0.39, 0.29) is 0 Å². The van der Waals surface area contributed by atoms with Crippen LogP contribution in [-0.4, -0.2) is 24.7 Å². The minimum Gasteiger partial charge on any atom is -0.486 e. The van der Waals surface area contributed by atoms with E-state index in [0.717, 1.165) is 6.73 Å². The number of ether oxygens (including phenoxy) is 1. The van der Waals surface area contributed by atoms with Gasteiger partial charge in [0.1, 0.15) is 6.73 Å². The Labute approximate surface area is 56.1 Å². The van der Waals surface area contributed by atoms with E-state index in [0.29, 0.717) is 0 Å². The van der Waals surface area contributed by atoms with Gasteiger partial charge in [-0.25, -0.2) is 0 Å². The van der Waals surface area contributed by atoms with Crippen LogP contribution in [0.3, 0.4) is 0 Å². The first-order valence-corrected chi connectivity index (χ1v) is 3.38. The number of likely N-dealkylation sites (tertiary alicyclic amines) is 1. The lowest BCUT2D eigenvalue weighted by Crippen LogP contribution is -2.20. The first kappa shape index (κ1) is 6.62. The average Bonchev–Trinajstić information content (AvgIpc) is 2.34. The van der Waals surface area contributed by atoms with E-state index in [4.69, 9.17) is 4.74 Å². The molecule has 0 bridgehead atoms. The molecule has 1 heterocycles. The second kappa shape index (κ2) is 3.51. The van der Waals surface area contributed by atoms with Crippen molar-refractivity contribution in [2.45, 2.75) is 12.8 Å². The molecule has 0 spiro atoms. The summed E-state index contributed by atoms with van der Waals surface area (Å²) < 4.78 is 5.01. The fourth-order valence-corrected chi connectivity index (χ4v) is 1.07. The molecule has 9 heavy (non-hydrogen) atoms. The van der Waals surface area contributed by atoms with Crippen molar-refractivity contribution < 1.29 is 4.74 Å². The minimum absolute atomic E-state index is 0.726. The maximum absolute atomic E-state index is 5.01. The smallest absolute Gasteiger partial charge is 0.141 e. The van der Waals surface area contributed by atoms with Gasteiger partial charge in [0.05, 0.1) is 6.26 Å². The quantitative estimate of drug-likeness (QED) is 0.528. The monoisotopic (exact) mass is 127 g/mol. The van der Waals surface area contributed by atoms with Gasteiger partial charge in [0.2, 0.25) is 0 Å². The van der Waals surface area contributed by atoms with E-state index in [1.807, 2.05) is 0 Å². The van der Waals surface area contributed by atoms with Gasteiger partial charge in [-0.05, 0) is 12.8 Å². The summed E-state index contributed by atoms with van der Waals surface area (Å²) in [4.78, 5) is 2.28. The molecular formula is C7H13NO. The Kier molecular flexibility index (Phi) is 2.58. The van der Waals surface area contributed by atoms with Gasteiger partial charge in [-0.1, -0.05) is 6.58 Å². The Morgan fingerprint density at radius 3 is 2.67 bits per heavy atom. The fourth-order valence-electron chi connectivity index (χ4n) is 1.07. The van der Waals surface area contributed by atoms with Crippen LogP contribution in [0.1, 0.15) is 12.8 Å². The van der Waals surface area contributed by atoms with Gasteiger partial charge >= 0.3 is 0 Å². The standard InChI is InChI=1S/C7H13NO/c1-2-9-7-8-5-3-4-6-8/h2H,1,3-7H2. The third-order valence-corrected chi connectivity index (χ3v) is 1.57. The summed E-state index contributed by atoms with van der Waals surface area (Å²) in [6.07, 6.45) is 4.14. The van der Waals surface area contributed by atoms with Gasteiger partial charge in [0, 0.05) is 13.1 Å². The molecule has 1 saturated heterocycles. The predicted molar refractivity (Wildman–Crippen MR) is 37.0 cm³/mol. The molecule has 0 aliphatic carbocycles. The Hall–Kier alpha value is -0.500. The molecule has 0 aromatic carbocycles. The van der Waals surface area contributed by atoms with Gasteiger partial charge in [0.15, 0.2) is 0 Å². The van der Waals surface area contributed by atoms with Gasteiger partial charge < -0.3 is 4.74 Å². The summed E-state index contributed by atoms with van der Waals surface area (Å²) in [5.74, 6) is 0. The molecule has 0 saturated carbocycles. The Balaban J connectivity index is 2.04. The molecule has 0 aromatic rings. The lowest BCUT2D eigenvalue weighted by molar-refractivity contribution is 0.112. The van der Waals surface area contributed by atoms with Crippen molar-refractivity contribution in [3.63, 3.8) is 0 Å². The van der Waals surface area contributed by atoms with Gasteiger partial charge in [-0.15, -0.1) is 0 Å². The van der Waals surface area contributed by atoms with E-state index >= 15 is 0 Å². The zero-order valence-electron chi connectivity index (χ0n) is 5.68. The second-order valence-corrected chi connectivity index (χ2v) is 2.29. The maximum Gasteiger partial charge on any atom is 0.141 e. The summed E-state index contributed by atoms with van der Waals surface area (Å²) in [7, 11) is 0. The van der Waals surface area contributed by atoms with E-state index < -0.39 is 0 Å². The Morgan fingerprint density at radius 1 is 1.44 bits per heavy atom. The summed E-state index contributed by atoms with van der Waals surface area (Å²) in [6, 6.07) is 0. The number of hydrogen-bond donors (Lipinski definition) is 0. The lowest BCUT2D eigenvalue weighted by Gasteiger charge is -2.12. The normalized spacial score (nSPS) is 20.0. The van der Waals surface area contributed by atoms with Crippen molar-refractivity contribution in [3.05, 3.63) is 12.8 Å². The highest BCUT2D eigenvalue weighted by Gasteiger charge is 2.09. The van der Waals surface area contributed by atoms with Crippen molar-refractivity contribution in [3.8, 4) is 0 Å². The van der Waals surface area contributed by atoms with Crippen LogP contribution < -0.4 is 0 Å². The van der Waals surface area contributed by atoms with Crippen LogP contribution in [0.25, 0.3) is 0 Å². The summed E-state index contributed by atoms with van der Waals surface area (Å²) in [6.45, 7) is 6.58. The van der Waals surface area contributed by atoms with E-state index in [2.05, 4.69) is 11.5 Å². The van der Waals surface area contributed by atoms with E-state index in [9.17, 15) is 0 Å². The van der Waals surface area contributed by atoms with Crippen molar-refractivity contribution in [1.82, 2.24) is 4.90 Å². The van der Waals surface area contributed by atoms with E-state index in [1.54, 1.807) is 0 Å². The van der Waals surface area contributed by atoms with Crippen LogP contribution in [-0.2, 0) is 4.74 Å². The topological polar surface area (TPSA) is 12.5 Å². The zero-order chi connectivity index (χ0) is 6.53. The van der Waals surface area contributed by atoms with Crippen LogP contribution in [0.2, 0.25) is 0 Å². The van der Waals surface area contributed by atoms with Crippen LogP contribution >= 0.6 is 0 Å². The highest BCUT2D eigenvalue weighted by atomic mass is 16.5. The third-order valence-electron chi connectivity index (χ3n) is 1.57. The summed E-state index contributed by atoms with van der Waals surface area (Å²) >= 11 is 0. The highest BCUT2D eigenvalue weighted by molar-refractivity contribution is 4.63. The first-order valence-electron chi connectivity index (χ1n) is 3.38. The third kappa shape index (κ3) is 2.06. The van der Waals surface area contributed by atoms with E-state index in [1.165, 1.54) is 32.2 Å². The molecule has 0 radical (unpaired) electrons. The largest absolute Gasteiger partial charge is 0.486 e. The van der Waals surface area contributed by atoms with Gasteiger partial charge in [-0.3, -0.25) is 4.90 Å². The fraction of sp³-hybridized carbons (Fsp3) is 0.714. The molecular weight excluding hydrogens is 114 g/mol. The Bertz CT molecular complexity index is 86.9. The number of hydrogen-bond acceptors (Lipinski definition) is 2. The highest BCUT2D eigenvalue weighted by Crippen LogP contribution is 2.05. The van der Waals surface area contributed by atoms with Crippen molar-refractivity contribution in [2.75, 3.05) is 19.8 Å². The average molecular weight is 127 g/mol. The predicted octanol–water partition coefficient (Wildman–Crippen LogP) is 1.20. The van der Waals surface area contributed by atoms with Crippen molar-refractivity contribution in [2.24, 2.45) is 0 Å².